The van der Waals surface area contributed by atoms with Gasteiger partial charge in [-0.15, -0.1) is 0 Å². The number of aromatic nitrogens is 5. The Morgan fingerprint density at radius 1 is 1.29 bits per heavy atom. The van der Waals surface area contributed by atoms with Crippen LogP contribution < -0.4 is 5.32 Å². The fraction of sp³-hybridized carbons (Fsp3) is 0.200. The second-order valence-electron chi connectivity index (χ2n) is 7.06. The van der Waals surface area contributed by atoms with Crippen molar-refractivity contribution < 1.29 is 4.79 Å². The minimum atomic E-state index is -0.0416. The Hall–Kier alpha value is -3.68. The molecule has 5 rings (SSSR count). The van der Waals surface area contributed by atoms with Gasteiger partial charge < -0.3 is 15.2 Å². The molecule has 1 aromatic carbocycles. The molecule has 28 heavy (non-hydrogen) atoms. The van der Waals surface area contributed by atoms with Gasteiger partial charge in [-0.05, 0) is 24.6 Å². The Balaban J connectivity index is 1.48. The molecular formula is C20H19N7O. The second-order valence-corrected chi connectivity index (χ2v) is 7.06. The molecule has 0 atom stereocenters. The normalized spacial score (nSPS) is 14.4. The van der Waals surface area contributed by atoms with Crippen molar-refractivity contribution in [3.63, 3.8) is 0 Å². The highest BCUT2D eigenvalue weighted by molar-refractivity contribution is 5.98. The van der Waals surface area contributed by atoms with Crippen LogP contribution in [-0.2, 0) is 4.79 Å². The Labute approximate surface area is 160 Å². The van der Waals surface area contributed by atoms with Crippen molar-refractivity contribution in [2.45, 2.75) is 12.8 Å². The van der Waals surface area contributed by atoms with E-state index in [0.29, 0.717) is 13.1 Å². The summed E-state index contributed by atoms with van der Waals surface area (Å²) in [4.78, 5) is 25.9. The fourth-order valence-electron chi connectivity index (χ4n) is 3.62. The van der Waals surface area contributed by atoms with Gasteiger partial charge in [-0.2, -0.15) is 5.10 Å². The summed E-state index contributed by atoms with van der Waals surface area (Å²) in [6.07, 6.45) is 6.71. The first-order valence-corrected chi connectivity index (χ1v) is 9.08. The van der Waals surface area contributed by atoms with Crippen molar-refractivity contribution >= 4 is 39.2 Å². The van der Waals surface area contributed by atoms with E-state index in [9.17, 15) is 4.79 Å². The van der Waals surface area contributed by atoms with Crippen molar-refractivity contribution in [3.05, 3.63) is 54.8 Å². The van der Waals surface area contributed by atoms with Crippen LogP contribution in [0.3, 0.4) is 0 Å². The molecule has 3 N–H and O–H groups in total. The quantitative estimate of drug-likeness (QED) is 0.477. The molecule has 8 nitrogen and oxygen atoms in total. The smallest absolute Gasteiger partial charge is 0.246 e. The number of hydrogen-bond acceptors (Lipinski definition) is 5. The minimum absolute atomic E-state index is 0.0416. The van der Waals surface area contributed by atoms with Crippen molar-refractivity contribution in [3.8, 4) is 0 Å². The molecule has 0 unspecified atom stereocenters. The Bertz CT molecular complexity index is 1220. The summed E-state index contributed by atoms with van der Waals surface area (Å²) >= 11 is 0. The van der Waals surface area contributed by atoms with Crippen LogP contribution in [0, 0.1) is 6.92 Å². The lowest BCUT2D eigenvalue weighted by Crippen LogP contribution is -2.48. The van der Waals surface area contributed by atoms with Gasteiger partial charge in [-0.25, -0.2) is 4.98 Å². The average Bonchev–Trinajstić information content (AvgIpc) is 3.29. The molecule has 1 amide bonds. The van der Waals surface area contributed by atoms with Gasteiger partial charge in [0.2, 0.25) is 5.91 Å². The minimum Gasteiger partial charge on any atom is -0.352 e. The molecule has 0 saturated carbocycles. The zero-order chi connectivity index (χ0) is 19.3. The van der Waals surface area contributed by atoms with Gasteiger partial charge >= 0.3 is 0 Å². The van der Waals surface area contributed by atoms with E-state index in [0.717, 1.165) is 44.7 Å². The largest absolute Gasteiger partial charge is 0.352 e. The number of rotatable bonds is 4. The molecule has 1 aliphatic heterocycles. The molecular weight excluding hydrogens is 354 g/mol. The lowest BCUT2D eigenvalue weighted by molar-refractivity contribution is -0.130. The van der Waals surface area contributed by atoms with Gasteiger partial charge in [0.1, 0.15) is 11.3 Å². The molecule has 1 aliphatic rings. The summed E-state index contributed by atoms with van der Waals surface area (Å²) in [6, 6.07) is 4.06. The van der Waals surface area contributed by atoms with E-state index in [-0.39, 0.29) is 11.8 Å². The third kappa shape index (κ3) is 2.53. The van der Waals surface area contributed by atoms with Crippen LogP contribution in [0.2, 0.25) is 0 Å². The number of amides is 1. The maximum absolute atomic E-state index is 11.7. The van der Waals surface area contributed by atoms with Gasteiger partial charge in [0.15, 0.2) is 0 Å². The third-order valence-electron chi connectivity index (χ3n) is 5.26. The summed E-state index contributed by atoms with van der Waals surface area (Å²) in [5.41, 5.74) is 5.59. The number of aromatic amines is 2. The van der Waals surface area contributed by atoms with Crippen LogP contribution >= 0.6 is 0 Å². The zero-order valence-electron chi connectivity index (χ0n) is 15.4. The van der Waals surface area contributed by atoms with Gasteiger partial charge in [0.25, 0.3) is 0 Å². The van der Waals surface area contributed by atoms with E-state index in [1.54, 1.807) is 17.3 Å². The van der Waals surface area contributed by atoms with Gasteiger partial charge in [0, 0.05) is 18.5 Å². The number of imidazole rings is 1. The number of carbonyl (C=O) groups excluding carboxylic acids is 1. The fourth-order valence-corrected chi connectivity index (χ4v) is 3.62. The second kappa shape index (κ2) is 6.19. The molecule has 140 valence electrons. The van der Waals surface area contributed by atoms with E-state index in [2.05, 4.69) is 39.0 Å². The zero-order valence-corrected chi connectivity index (χ0v) is 15.4. The molecule has 0 radical (unpaired) electrons. The van der Waals surface area contributed by atoms with Crippen LogP contribution in [0.5, 0.6) is 0 Å². The number of fused-ring (bicyclic) bond motifs is 2. The SMILES string of the molecule is C=CC(=O)N1CC(c2nc3c(Nc4c(C)ccc5[nH]ncc45)cncc3[nH]2)C1. The van der Waals surface area contributed by atoms with E-state index in [1.165, 1.54) is 6.08 Å². The predicted octanol–water partition coefficient (Wildman–Crippen LogP) is 3.00. The molecule has 8 heteroatoms. The molecule has 3 aromatic heterocycles. The number of nitrogens with one attached hydrogen (secondary N) is 3. The maximum atomic E-state index is 11.7. The third-order valence-corrected chi connectivity index (χ3v) is 5.26. The van der Waals surface area contributed by atoms with Crippen LogP contribution in [-0.4, -0.2) is 49.0 Å². The maximum Gasteiger partial charge on any atom is 0.246 e. The Morgan fingerprint density at radius 2 is 2.14 bits per heavy atom. The summed E-state index contributed by atoms with van der Waals surface area (Å²) in [5, 5.41) is 11.6. The van der Waals surface area contributed by atoms with Crippen molar-refractivity contribution in [2.24, 2.45) is 0 Å². The number of likely N-dealkylation sites (tertiary alicyclic amines) is 1. The monoisotopic (exact) mass is 373 g/mol. The van der Waals surface area contributed by atoms with Crippen molar-refractivity contribution in [2.75, 3.05) is 18.4 Å². The number of carbonyl (C=O) groups is 1. The number of hydrogen-bond donors (Lipinski definition) is 3. The van der Waals surface area contributed by atoms with Gasteiger partial charge in [-0.3, -0.25) is 14.9 Å². The lowest BCUT2D eigenvalue weighted by Gasteiger charge is -2.37. The Morgan fingerprint density at radius 3 is 2.96 bits per heavy atom. The van der Waals surface area contributed by atoms with Crippen LogP contribution in [0.25, 0.3) is 21.9 Å². The molecule has 4 heterocycles. The lowest BCUT2D eigenvalue weighted by atomic mass is 9.99. The molecule has 0 aliphatic carbocycles. The van der Waals surface area contributed by atoms with E-state index < -0.39 is 0 Å². The number of H-pyrrole nitrogens is 2. The van der Waals surface area contributed by atoms with Crippen molar-refractivity contribution in [1.82, 2.24) is 30.0 Å². The van der Waals surface area contributed by atoms with E-state index in [4.69, 9.17) is 4.98 Å². The summed E-state index contributed by atoms with van der Waals surface area (Å²) in [6.45, 7) is 6.88. The first kappa shape index (κ1) is 16.5. The topological polar surface area (TPSA) is 103 Å². The first-order valence-electron chi connectivity index (χ1n) is 9.08. The first-order chi connectivity index (χ1) is 13.6. The number of nitrogens with zero attached hydrogens (tertiary/aromatic N) is 4. The standard InChI is InChI=1S/C20H19N7O/c1-3-17(28)27-9-12(10-27)20-24-16-8-21-7-15(19(16)25-20)23-18-11(2)4-5-14-13(18)6-22-26-14/h3-8,12,23H,1,9-10H2,2H3,(H,22,26)(H,24,25). The predicted molar refractivity (Wildman–Crippen MR) is 108 cm³/mol. The highest BCUT2D eigenvalue weighted by Crippen LogP contribution is 2.33. The molecule has 1 saturated heterocycles. The molecule has 0 spiro atoms. The number of benzene rings is 1. The average molecular weight is 373 g/mol. The van der Waals surface area contributed by atoms with Crippen LogP contribution in [0.15, 0.2) is 43.4 Å². The highest BCUT2D eigenvalue weighted by Gasteiger charge is 2.32. The summed E-state index contributed by atoms with van der Waals surface area (Å²) < 4.78 is 0. The summed E-state index contributed by atoms with van der Waals surface area (Å²) in [5.74, 6) is 1.03. The van der Waals surface area contributed by atoms with Crippen LogP contribution in [0.1, 0.15) is 17.3 Å². The van der Waals surface area contributed by atoms with Crippen molar-refractivity contribution in [1.29, 1.82) is 0 Å². The summed E-state index contributed by atoms with van der Waals surface area (Å²) in [7, 11) is 0. The highest BCUT2D eigenvalue weighted by atomic mass is 16.2. The molecule has 0 bridgehead atoms. The van der Waals surface area contributed by atoms with Gasteiger partial charge in [-0.1, -0.05) is 12.6 Å². The van der Waals surface area contributed by atoms with Crippen LogP contribution in [0.4, 0.5) is 11.4 Å². The number of aryl methyl sites for hydroxylation is 1. The number of anilines is 2. The van der Waals surface area contributed by atoms with Gasteiger partial charge in [0.05, 0.1) is 46.9 Å². The number of pyridine rings is 1. The van der Waals surface area contributed by atoms with E-state index in [1.807, 2.05) is 18.3 Å². The Kier molecular flexibility index (Phi) is 3.65. The van der Waals surface area contributed by atoms with E-state index >= 15 is 0 Å². The molecule has 4 aromatic rings. The molecule has 1 fully saturated rings.